The fourth-order valence-electron chi connectivity index (χ4n) is 1.75. The van der Waals surface area contributed by atoms with Crippen molar-refractivity contribution in [2.75, 3.05) is 7.11 Å². The average molecular weight is 234 g/mol. The lowest BCUT2D eigenvalue weighted by Gasteiger charge is -2.13. The zero-order chi connectivity index (χ0) is 13.2. The van der Waals surface area contributed by atoms with Crippen molar-refractivity contribution in [1.29, 1.82) is 0 Å². The lowest BCUT2D eigenvalue weighted by molar-refractivity contribution is -0.130. The van der Waals surface area contributed by atoms with Crippen LogP contribution in [0.3, 0.4) is 0 Å². The normalized spacial score (nSPS) is 9.94. The summed E-state index contributed by atoms with van der Waals surface area (Å²) >= 11 is 0. The number of allylic oxidation sites excluding steroid dienone is 1. The van der Waals surface area contributed by atoms with Crippen molar-refractivity contribution in [3.05, 3.63) is 34.4 Å². The number of aliphatic carboxylic acids is 1. The van der Waals surface area contributed by atoms with Gasteiger partial charge in [-0.1, -0.05) is 5.57 Å². The van der Waals surface area contributed by atoms with Gasteiger partial charge in [-0.2, -0.15) is 0 Å². The molecule has 0 radical (unpaired) electrons. The molecule has 1 aromatic carbocycles. The fraction of sp³-hybridized carbons (Fsp3) is 0.357. The van der Waals surface area contributed by atoms with Crippen molar-refractivity contribution in [3.63, 3.8) is 0 Å². The molecular formula is C14H18O3. The van der Waals surface area contributed by atoms with E-state index < -0.39 is 5.97 Å². The molecule has 92 valence electrons. The van der Waals surface area contributed by atoms with E-state index in [4.69, 9.17) is 4.74 Å². The third kappa shape index (κ3) is 2.67. The number of rotatable bonds is 3. The Hall–Kier alpha value is -1.77. The summed E-state index contributed by atoms with van der Waals surface area (Å²) in [7, 11) is 1.55. The molecule has 0 aromatic heterocycles. The van der Waals surface area contributed by atoms with Gasteiger partial charge in [0.1, 0.15) is 5.75 Å². The zero-order valence-corrected chi connectivity index (χ0v) is 10.9. The van der Waals surface area contributed by atoms with Crippen LogP contribution in [-0.4, -0.2) is 18.2 Å². The van der Waals surface area contributed by atoms with E-state index in [1.54, 1.807) is 21.0 Å². The Kier molecular flexibility index (Phi) is 3.94. The standard InChI is InChI=1S/C14H18O3/c1-8(2)13(14(15)16)11-6-9(3)10(4)7-12(11)17-5/h6-7H,1-5H3,(H,15,16). The van der Waals surface area contributed by atoms with Crippen LogP contribution in [0.25, 0.3) is 5.57 Å². The molecule has 17 heavy (non-hydrogen) atoms. The molecule has 1 N–H and O–H groups in total. The first-order chi connectivity index (χ1) is 7.88. The van der Waals surface area contributed by atoms with Gasteiger partial charge in [-0.25, -0.2) is 4.79 Å². The molecule has 0 unspecified atom stereocenters. The number of hydrogen-bond donors (Lipinski definition) is 1. The summed E-state index contributed by atoms with van der Waals surface area (Å²) in [5.74, 6) is -0.321. The number of carbonyl (C=O) groups is 1. The second-order valence-electron chi connectivity index (χ2n) is 4.32. The Labute approximate surface area is 102 Å². The molecule has 0 aliphatic carbocycles. The van der Waals surface area contributed by atoms with Crippen LogP contribution in [0.1, 0.15) is 30.5 Å². The third-order valence-corrected chi connectivity index (χ3v) is 2.80. The van der Waals surface area contributed by atoms with Crippen LogP contribution in [0.15, 0.2) is 17.7 Å². The average Bonchev–Trinajstić information content (AvgIpc) is 2.22. The molecule has 1 rings (SSSR count). The Bertz CT molecular complexity index is 480. The van der Waals surface area contributed by atoms with Gasteiger partial charge in [-0.05, 0) is 51.0 Å². The van der Waals surface area contributed by atoms with Crippen LogP contribution in [-0.2, 0) is 4.79 Å². The summed E-state index contributed by atoms with van der Waals surface area (Å²) in [5.41, 5.74) is 3.86. The van der Waals surface area contributed by atoms with E-state index in [0.29, 0.717) is 16.9 Å². The summed E-state index contributed by atoms with van der Waals surface area (Å²) < 4.78 is 5.26. The molecule has 0 fully saturated rings. The molecular weight excluding hydrogens is 216 g/mol. The highest BCUT2D eigenvalue weighted by Gasteiger charge is 2.17. The Morgan fingerprint density at radius 3 is 2.12 bits per heavy atom. The van der Waals surface area contributed by atoms with E-state index in [-0.39, 0.29) is 0 Å². The second kappa shape index (κ2) is 5.04. The summed E-state index contributed by atoms with van der Waals surface area (Å²) in [6, 6.07) is 3.74. The molecule has 0 saturated heterocycles. The molecule has 3 heteroatoms. The maximum atomic E-state index is 11.3. The number of hydrogen-bond acceptors (Lipinski definition) is 2. The highest BCUT2D eigenvalue weighted by Crippen LogP contribution is 2.31. The van der Waals surface area contributed by atoms with Gasteiger partial charge >= 0.3 is 5.97 Å². The van der Waals surface area contributed by atoms with Crippen LogP contribution in [0, 0.1) is 13.8 Å². The molecule has 0 aliphatic heterocycles. The molecule has 0 aliphatic rings. The highest BCUT2D eigenvalue weighted by molar-refractivity contribution is 6.17. The minimum absolute atomic E-state index is 0.310. The van der Waals surface area contributed by atoms with Crippen molar-refractivity contribution in [2.24, 2.45) is 0 Å². The number of carboxylic acids is 1. The smallest absolute Gasteiger partial charge is 0.336 e. The summed E-state index contributed by atoms with van der Waals surface area (Å²) in [6.07, 6.45) is 0. The summed E-state index contributed by atoms with van der Waals surface area (Å²) in [6.45, 7) is 7.52. The molecule has 1 aromatic rings. The van der Waals surface area contributed by atoms with Gasteiger partial charge in [-0.15, -0.1) is 0 Å². The van der Waals surface area contributed by atoms with Crippen molar-refractivity contribution in [1.82, 2.24) is 0 Å². The monoisotopic (exact) mass is 234 g/mol. The molecule has 0 bridgehead atoms. The maximum Gasteiger partial charge on any atom is 0.336 e. The van der Waals surface area contributed by atoms with Crippen molar-refractivity contribution >= 4 is 11.5 Å². The highest BCUT2D eigenvalue weighted by atomic mass is 16.5. The van der Waals surface area contributed by atoms with Gasteiger partial charge in [0.2, 0.25) is 0 Å². The van der Waals surface area contributed by atoms with Gasteiger partial charge in [-0.3, -0.25) is 0 Å². The maximum absolute atomic E-state index is 11.3. The van der Waals surface area contributed by atoms with Gasteiger partial charge in [0.15, 0.2) is 0 Å². The molecule has 0 heterocycles. The van der Waals surface area contributed by atoms with E-state index in [2.05, 4.69) is 0 Å². The number of aryl methyl sites for hydroxylation is 2. The number of ether oxygens (including phenoxy) is 1. The van der Waals surface area contributed by atoms with Gasteiger partial charge in [0.25, 0.3) is 0 Å². The van der Waals surface area contributed by atoms with Crippen molar-refractivity contribution in [2.45, 2.75) is 27.7 Å². The zero-order valence-electron chi connectivity index (χ0n) is 10.9. The van der Waals surface area contributed by atoms with Crippen molar-refractivity contribution < 1.29 is 14.6 Å². The van der Waals surface area contributed by atoms with E-state index in [0.717, 1.165) is 16.7 Å². The van der Waals surface area contributed by atoms with Crippen LogP contribution >= 0.6 is 0 Å². The quantitative estimate of drug-likeness (QED) is 0.817. The van der Waals surface area contributed by atoms with Gasteiger partial charge in [0, 0.05) is 5.56 Å². The summed E-state index contributed by atoms with van der Waals surface area (Å²) in [5, 5.41) is 9.26. The SMILES string of the molecule is COc1cc(C)c(C)cc1C(C(=O)O)=C(C)C. The van der Waals surface area contributed by atoms with E-state index in [1.807, 2.05) is 26.0 Å². The van der Waals surface area contributed by atoms with Crippen LogP contribution in [0.4, 0.5) is 0 Å². The fourth-order valence-corrected chi connectivity index (χ4v) is 1.75. The minimum Gasteiger partial charge on any atom is -0.496 e. The minimum atomic E-state index is -0.924. The van der Waals surface area contributed by atoms with Crippen LogP contribution in [0.5, 0.6) is 5.75 Å². The first-order valence-electron chi connectivity index (χ1n) is 5.44. The predicted molar refractivity (Wildman–Crippen MR) is 68.4 cm³/mol. The molecule has 0 atom stereocenters. The molecule has 0 amide bonds. The van der Waals surface area contributed by atoms with E-state index >= 15 is 0 Å². The Morgan fingerprint density at radius 1 is 1.18 bits per heavy atom. The first-order valence-corrected chi connectivity index (χ1v) is 5.44. The van der Waals surface area contributed by atoms with Crippen LogP contribution < -0.4 is 4.74 Å². The number of methoxy groups -OCH3 is 1. The Balaban J connectivity index is 3.54. The van der Waals surface area contributed by atoms with E-state index in [1.165, 1.54) is 0 Å². The van der Waals surface area contributed by atoms with Crippen LogP contribution in [0.2, 0.25) is 0 Å². The Morgan fingerprint density at radius 2 is 1.71 bits per heavy atom. The first kappa shape index (κ1) is 13.3. The molecule has 0 saturated carbocycles. The third-order valence-electron chi connectivity index (χ3n) is 2.80. The largest absolute Gasteiger partial charge is 0.496 e. The lowest BCUT2D eigenvalue weighted by atomic mass is 9.96. The predicted octanol–water partition coefficient (Wildman–Crippen LogP) is 3.19. The topological polar surface area (TPSA) is 46.5 Å². The summed E-state index contributed by atoms with van der Waals surface area (Å²) in [4.78, 5) is 11.3. The lowest BCUT2D eigenvalue weighted by Crippen LogP contribution is -2.04. The molecule has 3 nitrogen and oxygen atoms in total. The van der Waals surface area contributed by atoms with Gasteiger partial charge < -0.3 is 9.84 Å². The molecule has 0 spiro atoms. The number of carboxylic acid groups (broad SMARTS) is 1. The van der Waals surface area contributed by atoms with Gasteiger partial charge in [0.05, 0.1) is 12.7 Å². The van der Waals surface area contributed by atoms with E-state index in [9.17, 15) is 9.90 Å². The van der Waals surface area contributed by atoms with Crippen molar-refractivity contribution in [3.8, 4) is 5.75 Å². The number of benzene rings is 1. The second-order valence-corrected chi connectivity index (χ2v) is 4.32.